The minimum Gasteiger partial charge on any atom is -0.438 e. The average Bonchev–Trinajstić information content (AvgIpc) is 2.49. The maximum atomic E-state index is 10.7. The van der Waals surface area contributed by atoms with Crippen LogP contribution in [0.5, 0.6) is 11.6 Å². The smallest absolute Gasteiger partial charge is 0.222 e. The first-order valence-corrected chi connectivity index (χ1v) is 6.21. The SMILES string of the molecule is Cc1cc(C=O)cnc1Oc1cccc2ncccc12. The summed E-state index contributed by atoms with van der Waals surface area (Å²) in [6.07, 6.45) is 4.01. The van der Waals surface area contributed by atoms with Crippen LogP contribution in [0.25, 0.3) is 10.9 Å². The molecule has 0 N–H and O–H groups in total. The zero-order chi connectivity index (χ0) is 13.9. The molecule has 0 atom stereocenters. The Kier molecular flexibility index (Phi) is 3.13. The van der Waals surface area contributed by atoms with Gasteiger partial charge in [0.1, 0.15) is 5.75 Å². The van der Waals surface area contributed by atoms with Gasteiger partial charge in [0.25, 0.3) is 0 Å². The van der Waals surface area contributed by atoms with Gasteiger partial charge in [-0.3, -0.25) is 9.78 Å². The molecule has 0 saturated heterocycles. The van der Waals surface area contributed by atoms with Gasteiger partial charge in [-0.2, -0.15) is 0 Å². The van der Waals surface area contributed by atoms with Gasteiger partial charge >= 0.3 is 0 Å². The number of aromatic nitrogens is 2. The molecule has 4 nitrogen and oxygen atoms in total. The molecule has 4 heteroatoms. The fourth-order valence-electron chi connectivity index (χ4n) is 2.02. The highest BCUT2D eigenvalue weighted by molar-refractivity contribution is 5.85. The van der Waals surface area contributed by atoms with Crippen LogP contribution in [-0.2, 0) is 0 Å². The van der Waals surface area contributed by atoms with Gasteiger partial charge in [-0.15, -0.1) is 0 Å². The van der Waals surface area contributed by atoms with Crippen LogP contribution < -0.4 is 4.74 Å². The van der Waals surface area contributed by atoms with Crippen molar-refractivity contribution in [3.63, 3.8) is 0 Å². The Bertz CT molecular complexity index is 779. The maximum Gasteiger partial charge on any atom is 0.222 e. The minimum atomic E-state index is 0.493. The van der Waals surface area contributed by atoms with Crippen molar-refractivity contribution in [1.29, 1.82) is 0 Å². The van der Waals surface area contributed by atoms with Crippen LogP contribution in [-0.4, -0.2) is 16.3 Å². The van der Waals surface area contributed by atoms with Crippen molar-refractivity contribution in [3.8, 4) is 11.6 Å². The van der Waals surface area contributed by atoms with Crippen molar-refractivity contribution in [2.75, 3.05) is 0 Å². The molecule has 1 aromatic carbocycles. The number of carbonyl (C=O) groups is 1. The largest absolute Gasteiger partial charge is 0.438 e. The van der Waals surface area contributed by atoms with E-state index in [0.29, 0.717) is 17.2 Å². The van der Waals surface area contributed by atoms with Crippen LogP contribution in [0.3, 0.4) is 0 Å². The lowest BCUT2D eigenvalue weighted by Crippen LogP contribution is -1.94. The fraction of sp³-hybridized carbons (Fsp3) is 0.0625. The molecule has 0 aliphatic heterocycles. The van der Waals surface area contributed by atoms with Crippen molar-refractivity contribution >= 4 is 17.2 Å². The molecule has 0 unspecified atom stereocenters. The number of ether oxygens (including phenoxy) is 1. The van der Waals surface area contributed by atoms with Crippen molar-refractivity contribution in [2.45, 2.75) is 6.92 Å². The summed E-state index contributed by atoms with van der Waals surface area (Å²) >= 11 is 0. The minimum absolute atomic E-state index is 0.493. The van der Waals surface area contributed by atoms with Crippen LogP contribution in [0.2, 0.25) is 0 Å². The number of fused-ring (bicyclic) bond motifs is 1. The van der Waals surface area contributed by atoms with E-state index in [9.17, 15) is 4.79 Å². The molecule has 0 spiro atoms. The molecule has 0 saturated carbocycles. The molecule has 3 rings (SSSR count). The average molecular weight is 264 g/mol. The summed E-state index contributed by atoms with van der Waals surface area (Å²) in [6.45, 7) is 1.86. The summed E-state index contributed by atoms with van der Waals surface area (Å²) in [4.78, 5) is 19.2. The Hall–Kier alpha value is -2.75. The molecule has 0 aliphatic carbocycles. The highest BCUT2D eigenvalue weighted by Crippen LogP contribution is 2.29. The standard InChI is InChI=1S/C16H12N2O2/c1-11-8-12(10-19)9-18-16(11)20-15-6-2-5-14-13(15)4-3-7-17-14/h2-10H,1H3. The predicted octanol–water partition coefficient (Wildman–Crippen LogP) is 3.54. The summed E-state index contributed by atoms with van der Waals surface area (Å²) in [6, 6.07) is 11.3. The van der Waals surface area contributed by atoms with Crippen LogP contribution in [0.15, 0.2) is 48.8 Å². The van der Waals surface area contributed by atoms with E-state index >= 15 is 0 Å². The Morgan fingerprint density at radius 3 is 2.85 bits per heavy atom. The number of carbonyl (C=O) groups excluding carboxylic acids is 1. The first kappa shape index (κ1) is 12.3. The highest BCUT2D eigenvalue weighted by atomic mass is 16.5. The molecule has 20 heavy (non-hydrogen) atoms. The topological polar surface area (TPSA) is 52.1 Å². The van der Waals surface area contributed by atoms with Crippen molar-refractivity contribution in [2.24, 2.45) is 0 Å². The molecule has 2 heterocycles. The fourth-order valence-corrected chi connectivity index (χ4v) is 2.02. The lowest BCUT2D eigenvalue weighted by Gasteiger charge is -2.09. The van der Waals surface area contributed by atoms with E-state index in [1.54, 1.807) is 12.3 Å². The number of benzene rings is 1. The number of hydrogen-bond donors (Lipinski definition) is 0. The van der Waals surface area contributed by atoms with Gasteiger partial charge in [0.15, 0.2) is 6.29 Å². The first-order valence-electron chi connectivity index (χ1n) is 6.21. The van der Waals surface area contributed by atoms with Gasteiger partial charge in [-0.05, 0) is 37.3 Å². The van der Waals surface area contributed by atoms with Crippen molar-refractivity contribution in [1.82, 2.24) is 9.97 Å². The lowest BCUT2D eigenvalue weighted by atomic mass is 10.2. The normalized spacial score (nSPS) is 10.4. The van der Waals surface area contributed by atoms with Gasteiger partial charge in [0.05, 0.1) is 5.52 Å². The van der Waals surface area contributed by atoms with E-state index in [4.69, 9.17) is 4.74 Å². The third kappa shape index (κ3) is 2.23. The van der Waals surface area contributed by atoms with E-state index in [1.807, 2.05) is 37.3 Å². The van der Waals surface area contributed by atoms with E-state index < -0.39 is 0 Å². The molecule has 0 amide bonds. The lowest BCUT2D eigenvalue weighted by molar-refractivity contribution is 0.112. The van der Waals surface area contributed by atoms with E-state index in [1.165, 1.54) is 6.20 Å². The van der Waals surface area contributed by atoms with Crippen LogP contribution in [0, 0.1) is 6.92 Å². The quantitative estimate of drug-likeness (QED) is 0.679. The van der Waals surface area contributed by atoms with Gasteiger partial charge in [0, 0.05) is 28.9 Å². The summed E-state index contributed by atoms with van der Waals surface area (Å²) in [5.74, 6) is 1.19. The zero-order valence-electron chi connectivity index (χ0n) is 10.9. The van der Waals surface area contributed by atoms with Crippen LogP contribution >= 0.6 is 0 Å². The first-order chi connectivity index (χ1) is 9.78. The van der Waals surface area contributed by atoms with E-state index in [0.717, 1.165) is 22.8 Å². The summed E-state index contributed by atoms with van der Waals surface area (Å²) in [7, 11) is 0. The molecule has 0 aliphatic rings. The van der Waals surface area contributed by atoms with Crippen molar-refractivity contribution < 1.29 is 9.53 Å². The molecular formula is C16H12N2O2. The van der Waals surface area contributed by atoms with Gasteiger partial charge in [-0.25, -0.2) is 4.98 Å². The van der Waals surface area contributed by atoms with Crippen LogP contribution in [0.1, 0.15) is 15.9 Å². The summed E-state index contributed by atoms with van der Waals surface area (Å²) in [5, 5.41) is 0.927. The van der Waals surface area contributed by atoms with E-state index in [2.05, 4.69) is 9.97 Å². The number of rotatable bonds is 3. The zero-order valence-corrected chi connectivity index (χ0v) is 10.9. The molecule has 0 fully saturated rings. The van der Waals surface area contributed by atoms with E-state index in [-0.39, 0.29) is 0 Å². The third-order valence-electron chi connectivity index (χ3n) is 3.00. The van der Waals surface area contributed by atoms with Crippen molar-refractivity contribution in [3.05, 3.63) is 59.9 Å². The number of pyridine rings is 2. The Labute approximate surface area is 116 Å². The molecule has 0 radical (unpaired) electrons. The number of aldehydes is 1. The Balaban J connectivity index is 2.03. The highest BCUT2D eigenvalue weighted by Gasteiger charge is 2.07. The second kappa shape index (κ2) is 5.09. The molecule has 98 valence electrons. The second-order valence-corrected chi connectivity index (χ2v) is 4.44. The third-order valence-corrected chi connectivity index (χ3v) is 3.00. The second-order valence-electron chi connectivity index (χ2n) is 4.44. The molecular weight excluding hydrogens is 252 g/mol. The number of nitrogens with zero attached hydrogens (tertiary/aromatic N) is 2. The van der Waals surface area contributed by atoms with Crippen LogP contribution in [0.4, 0.5) is 0 Å². The summed E-state index contributed by atoms with van der Waals surface area (Å²) in [5.41, 5.74) is 2.22. The maximum absolute atomic E-state index is 10.7. The monoisotopic (exact) mass is 264 g/mol. The van der Waals surface area contributed by atoms with Gasteiger partial charge < -0.3 is 4.74 Å². The molecule has 3 aromatic rings. The summed E-state index contributed by atoms with van der Waals surface area (Å²) < 4.78 is 5.85. The Morgan fingerprint density at radius 2 is 2.05 bits per heavy atom. The number of aryl methyl sites for hydroxylation is 1. The van der Waals surface area contributed by atoms with Gasteiger partial charge in [-0.1, -0.05) is 6.07 Å². The Morgan fingerprint density at radius 1 is 1.15 bits per heavy atom. The molecule has 2 aromatic heterocycles. The number of hydrogen-bond acceptors (Lipinski definition) is 4. The molecule has 0 bridgehead atoms. The predicted molar refractivity (Wildman–Crippen MR) is 76.2 cm³/mol. The van der Waals surface area contributed by atoms with Gasteiger partial charge in [0.2, 0.25) is 5.88 Å².